The first-order valence-corrected chi connectivity index (χ1v) is 7.75. The second-order valence-corrected chi connectivity index (χ2v) is 6.25. The van der Waals surface area contributed by atoms with Gasteiger partial charge in [-0.2, -0.15) is 0 Å². The number of benzene rings is 1. The van der Waals surface area contributed by atoms with E-state index in [9.17, 15) is 9.18 Å². The number of hydrogen-bond acceptors (Lipinski definition) is 2. The van der Waals surface area contributed by atoms with Crippen LogP contribution in [0.25, 0.3) is 0 Å². The summed E-state index contributed by atoms with van der Waals surface area (Å²) in [7, 11) is 0. The normalized spacial score (nSPS) is 26.4. The van der Waals surface area contributed by atoms with E-state index >= 15 is 0 Å². The predicted molar refractivity (Wildman–Crippen MR) is 78.3 cm³/mol. The quantitative estimate of drug-likeness (QED) is 0.837. The summed E-state index contributed by atoms with van der Waals surface area (Å²) in [6.45, 7) is 3.58. The van der Waals surface area contributed by atoms with Crippen molar-refractivity contribution in [2.24, 2.45) is 0 Å². The molecule has 0 radical (unpaired) electrons. The highest BCUT2D eigenvalue weighted by molar-refractivity contribution is 5.76. The van der Waals surface area contributed by atoms with Crippen molar-refractivity contribution in [2.75, 3.05) is 13.2 Å². The zero-order chi connectivity index (χ0) is 14.9. The van der Waals surface area contributed by atoms with E-state index in [0.29, 0.717) is 30.6 Å². The molecular formula is C17H22FNO2. The Morgan fingerprint density at radius 3 is 2.95 bits per heavy atom. The number of ether oxygens (including phenoxy) is 1. The number of hydrogen-bond donors (Lipinski definition) is 0. The van der Waals surface area contributed by atoms with Crippen LogP contribution < -0.4 is 0 Å². The van der Waals surface area contributed by atoms with Gasteiger partial charge in [0, 0.05) is 31.7 Å². The van der Waals surface area contributed by atoms with E-state index in [0.717, 1.165) is 32.3 Å². The lowest BCUT2D eigenvalue weighted by molar-refractivity contribution is -0.131. The smallest absolute Gasteiger partial charge is 0.222 e. The Bertz CT molecular complexity index is 538. The van der Waals surface area contributed by atoms with E-state index in [4.69, 9.17) is 4.74 Å². The number of rotatable bonds is 2. The minimum atomic E-state index is -0.193. The van der Waals surface area contributed by atoms with Gasteiger partial charge in [-0.3, -0.25) is 4.79 Å². The van der Waals surface area contributed by atoms with E-state index in [1.807, 2.05) is 6.07 Å². The molecule has 2 fully saturated rings. The van der Waals surface area contributed by atoms with Crippen LogP contribution in [-0.4, -0.2) is 29.6 Å². The van der Waals surface area contributed by atoms with E-state index in [1.54, 1.807) is 24.0 Å². The monoisotopic (exact) mass is 291 g/mol. The number of aryl methyl sites for hydroxylation is 1. The molecule has 1 spiro atoms. The van der Waals surface area contributed by atoms with Crippen LogP contribution in [0.2, 0.25) is 0 Å². The Kier molecular flexibility index (Phi) is 3.98. The molecule has 21 heavy (non-hydrogen) atoms. The van der Waals surface area contributed by atoms with Gasteiger partial charge in [0.25, 0.3) is 0 Å². The van der Waals surface area contributed by atoms with Crippen molar-refractivity contribution in [1.82, 2.24) is 4.90 Å². The Morgan fingerprint density at radius 1 is 1.33 bits per heavy atom. The molecule has 0 aromatic heterocycles. The third-order valence-electron chi connectivity index (χ3n) is 4.80. The zero-order valence-electron chi connectivity index (χ0n) is 12.5. The molecule has 3 rings (SSSR count). The molecule has 2 heterocycles. The van der Waals surface area contributed by atoms with Crippen molar-refractivity contribution in [1.29, 1.82) is 0 Å². The van der Waals surface area contributed by atoms with Crippen LogP contribution in [-0.2, 0) is 16.1 Å². The van der Waals surface area contributed by atoms with Crippen LogP contribution in [0.4, 0.5) is 4.39 Å². The maximum atomic E-state index is 14.1. The summed E-state index contributed by atoms with van der Waals surface area (Å²) in [6.07, 6.45) is 4.31. The highest BCUT2D eigenvalue weighted by Gasteiger charge is 2.38. The molecule has 1 unspecified atom stereocenters. The third kappa shape index (κ3) is 2.95. The number of nitrogens with zero attached hydrogens (tertiary/aromatic N) is 1. The van der Waals surface area contributed by atoms with E-state index in [1.165, 1.54) is 0 Å². The Labute approximate surface area is 125 Å². The van der Waals surface area contributed by atoms with Gasteiger partial charge in [-0.25, -0.2) is 4.39 Å². The first-order valence-electron chi connectivity index (χ1n) is 7.75. The molecule has 0 bridgehead atoms. The molecule has 4 heteroatoms. The number of carbonyl (C=O) groups is 1. The minimum absolute atomic E-state index is 0.102. The first kappa shape index (κ1) is 14.5. The molecule has 1 aromatic rings. The standard InChI is InChI=1S/C17H22FNO2/c1-13-4-2-5-14(16(13)18)12-19-10-9-17(7-3-11-21-17)8-6-15(19)20/h2,4-5H,3,6-12H2,1H3. The number of halogens is 1. The van der Waals surface area contributed by atoms with Gasteiger partial charge in [-0.15, -0.1) is 0 Å². The molecule has 0 saturated carbocycles. The van der Waals surface area contributed by atoms with Gasteiger partial charge in [0.05, 0.1) is 5.60 Å². The lowest BCUT2D eigenvalue weighted by Gasteiger charge is -2.26. The molecule has 0 N–H and O–H groups in total. The van der Waals surface area contributed by atoms with Crippen molar-refractivity contribution >= 4 is 5.91 Å². The number of amides is 1. The zero-order valence-corrected chi connectivity index (χ0v) is 12.5. The van der Waals surface area contributed by atoms with Gasteiger partial charge < -0.3 is 9.64 Å². The molecule has 2 aliphatic rings. The van der Waals surface area contributed by atoms with E-state index < -0.39 is 0 Å². The second kappa shape index (κ2) is 5.76. The average Bonchev–Trinajstić information content (AvgIpc) is 2.88. The minimum Gasteiger partial charge on any atom is -0.375 e. The Hall–Kier alpha value is -1.42. The topological polar surface area (TPSA) is 29.5 Å². The maximum absolute atomic E-state index is 14.1. The Morgan fingerprint density at radius 2 is 2.19 bits per heavy atom. The van der Waals surface area contributed by atoms with E-state index in [-0.39, 0.29) is 17.3 Å². The summed E-state index contributed by atoms with van der Waals surface area (Å²) in [4.78, 5) is 14.1. The second-order valence-electron chi connectivity index (χ2n) is 6.25. The largest absolute Gasteiger partial charge is 0.375 e. The fourth-order valence-electron chi connectivity index (χ4n) is 3.43. The summed E-state index contributed by atoms with van der Waals surface area (Å²) in [5.41, 5.74) is 1.13. The summed E-state index contributed by atoms with van der Waals surface area (Å²) >= 11 is 0. The molecular weight excluding hydrogens is 269 g/mol. The van der Waals surface area contributed by atoms with Gasteiger partial charge >= 0.3 is 0 Å². The van der Waals surface area contributed by atoms with Gasteiger partial charge in [0.1, 0.15) is 5.82 Å². The fraction of sp³-hybridized carbons (Fsp3) is 0.588. The molecule has 1 amide bonds. The molecule has 3 nitrogen and oxygen atoms in total. The highest BCUT2D eigenvalue weighted by Crippen LogP contribution is 2.36. The molecule has 1 aromatic carbocycles. The lowest BCUT2D eigenvalue weighted by Crippen LogP contribution is -2.32. The van der Waals surface area contributed by atoms with Gasteiger partial charge in [0.2, 0.25) is 5.91 Å². The van der Waals surface area contributed by atoms with Crippen molar-refractivity contribution in [2.45, 2.75) is 51.2 Å². The van der Waals surface area contributed by atoms with Crippen LogP contribution >= 0.6 is 0 Å². The van der Waals surface area contributed by atoms with Gasteiger partial charge in [0.15, 0.2) is 0 Å². The van der Waals surface area contributed by atoms with Crippen molar-refractivity contribution in [3.05, 3.63) is 35.1 Å². The predicted octanol–water partition coefficient (Wildman–Crippen LogP) is 3.20. The molecule has 0 aliphatic carbocycles. The lowest BCUT2D eigenvalue weighted by atomic mass is 9.92. The van der Waals surface area contributed by atoms with Crippen molar-refractivity contribution < 1.29 is 13.9 Å². The van der Waals surface area contributed by atoms with Crippen LogP contribution in [0.3, 0.4) is 0 Å². The van der Waals surface area contributed by atoms with Crippen LogP contribution in [0.15, 0.2) is 18.2 Å². The molecule has 2 saturated heterocycles. The summed E-state index contributed by atoms with van der Waals surface area (Å²) in [5, 5.41) is 0. The SMILES string of the molecule is Cc1cccc(CN2CCC3(CCCO3)CCC2=O)c1F. The third-order valence-corrected chi connectivity index (χ3v) is 4.80. The van der Waals surface area contributed by atoms with E-state index in [2.05, 4.69) is 0 Å². The van der Waals surface area contributed by atoms with Crippen LogP contribution in [0.5, 0.6) is 0 Å². The maximum Gasteiger partial charge on any atom is 0.222 e. The number of carbonyl (C=O) groups excluding carboxylic acids is 1. The Balaban J connectivity index is 1.73. The highest BCUT2D eigenvalue weighted by atomic mass is 19.1. The molecule has 2 aliphatic heterocycles. The average molecular weight is 291 g/mol. The molecule has 1 atom stereocenters. The summed E-state index contributed by atoms with van der Waals surface area (Å²) < 4.78 is 20.0. The van der Waals surface area contributed by atoms with Crippen molar-refractivity contribution in [3.63, 3.8) is 0 Å². The summed E-state index contributed by atoms with van der Waals surface area (Å²) in [5.74, 6) is -0.0790. The molecule has 114 valence electrons. The number of likely N-dealkylation sites (tertiary alicyclic amines) is 1. The van der Waals surface area contributed by atoms with Crippen molar-refractivity contribution in [3.8, 4) is 0 Å². The first-order chi connectivity index (χ1) is 10.1. The fourth-order valence-corrected chi connectivity index (χ4v) is 3.43. The van der Waals surface area contributed by atoms with Gasteiger partial charge in [-0.05, 0) is 38.2 Å². The van der Waals surface area contributed by atoms with Crippen LogP contribution in [0, 0.1) is 12.7 Å². The summed E-state index contributed by atoms with van der Waals surface area (Å²) in [6, 6.07) is 5.37. The van der Waals surface area contributed by atoms with Crippen LogP contribution in [0.1, 0.15) is 43.2 Å². The van der Waals surface area contributed by atoms with Gasteiger partial charge in [-0.1, -0.05) is 18.2 Å².